The lowest BCUT2D eigenvalue weighted by Crippen LogP contribution is -2.58. The van der Waals surface area contributed by atoms with Crippen molar-refractivity contribution in [3.63, 3.8) is 0 Å². The third-order valence-electron chi connectivity index (χ3n) is 10.7. The normalized spacial score (nSPS) is 25.7. The number of ether oxygens (including phenoxy) is 2. The third-order valence-corrected chi connectivity index (χ3v) is 11.9. The van der Waals surface area contributed by atoms with E-state index in [1.807, 2.05) is 0 Å². The minimum atomic E-state index is -4.33. The lowest BCUT2D eigenvalue weighted by Gasteiger charge is -2.30. The van der Waals surface area contributed by atoms with Crippen molar-refractivity contribution >= 4 is 39.9 Å². The number of nitrogens with zero attached hydrogens (tertiary/aromatic N) is 2. The molecule has 0 spiro atoms. The van der Waals surface area contributed by atoms with Crippen LogP contribution in [-0.2, 0) is 52.7 Å². The van der Waals surface area contributed by atoms with Gasteiger partial charge < -0.3 is 25.0 Å². The molecule has 4 aliphatic rings. The minimum absolute atomic E-state index is 0.0247. The molecule has 2 aromatic rings. The van der Waals surface area contributed by atoms with Crippen LogP contribution in [0.1, 0.15) is 95.2 Å². The van der Waals surface area contributed by atoms with Crippen molar-refractivity contribution in [1.29, 1.82) is 0 Å². The highest BCUT2D eigenvalue weighted by atomic mass is 32.2. The molecule has 17 heteroatoms. The van der Waals surface area contributed by atoms with Crippen LogP contribution in [0.2, 0.25) is 0 Å². The summed E-state index contributed by atoms with van der Waals surface area (Å²) >= 11 is 0. The number of sulfonamides is 1. The highest BCUT2D eigenvalue weighted by molar-refractivity contribution is 7.89. The van der Waals surface area contributed by atoms with Crippen LogP contribution in [0.3, 0.4) is 0 Å². The number of rotatable bonds is 6. The summed E-state index contributed by atoms with van der Waals surface area (Å²) in [7, 11) is -4.33. The molecule has 5 atom stereocenters. The van der Waals surface area contributed by atoms with E-state index in [9.17, 15) is 41.2 Å². The fourth-order valence-electron chi connectivity index (χ4n) is 7.86. The first-order valence-electron chi connectivity index (χ1n) is 19.1. The summed E-state index contributed by atoms with van der Waals surface area (Å²) in [6.07, 6.45) is 1.72. The smallest absolute Gasteiger partial charge is 0.410 e. The molecule has 5 amide bonds. The molecule has 2 saturated heterocycles. The first-order valence-corrected chi connectivity index (χ1v) is 20.7. The van der Waals surface area contributed by atoms with E-state index in [0.29, 0.717) is 30.4 Å². The molecule has 2 aromatic carbocycles. The molecule has 0 radical (unpaired) electrons. The molecule has 6 rings (SSSR count). The zero-order chi connectivity index (χ0) is 40.4. The summed E-state index contributed by atoms with van der Waals surface area (Å²) in [5, 5.41) is 5.45. The zero-order valence-electron chi connectivity index (χ0n) is 31.8. The highest BCUT2D eigenvalue weighted by Gasteiger charge is 2.62. The molecule has 3 N–H and O–H groups in total. The number of hydrogen-bond donors (Lipinski definition) is 3. The molecule has 3 fully saturated rings. The molecule has 1 saturated carbocycles. The number of nitrogens with one attached hydrogen (secondary N) is 3. The van der Waals surface area contributed by atoms with Crippen LogP contribution >= 0.6 is 0 Å². The van der Waals surface area contributed by atoms with Crippen molar-refractivity contribution in [3.8, 4) is 0 Å². The number of carbonyl (C=O) groups excluding carboxylic acids is 5. The third kappa shape index (κ3) is 9.76. The number of hydrogen-bond acceptors (Lipinski definition) is 9. The van der Waals surface area contributed by atoms with Gasteiger partial charge >= 0.3 is 12.2 Å². The lowest BCUT2D eigenvalue weighted by molar-refractivity contribution is -0.141. The van der Waals surface area contributed by atoms with Gasteiger partial charge in [-0.05, 0) is 75.3 Å². The highest BCUT2D eigenvalue weighted by Crippen LogP contribution is 2.48. The molecule has 3 aliphatic heterocycles. The number of benzene rings is 2. The Morgan fingerprint density at radius 3 is 2.41 bits per heavy atom. The molecular weight excluding hydrogens is 753 g/mol. The molecular formula is C39H49F2N5O9S. The van der Waals surface area contributed by atoms with Gasteiger partial charge in [-0.1, -0.05) is 56.4 Å². The van der Waals surface area contributed by atoms with Crippen LogP contribution in [-0.4, -0.2) is 84.0 Å². The van der Waals surface area contributed by atoms with Gasteiger partial charge in [-0.2, -0.15) is 0 Å². The van der Waals surface area contributed by atoms with E-state index < -0.39 is 92.6 Å². The Bertz CT molecular complexity index is 1980. The molecule has 304 valence electrons. The molecule has 14 nitrogen and oxygen atoms in total. The number of fused-ring (bicyclic) bond motifs is 3. The van der Waals surface area contributed by atoms with E-state index in [4.69, 9.17) is 9.47 Å². The quantitative estimate of drug-likeness (QED) is 0.378. The topological polar surface area (TPSA) is 181 Å². The van der Waals surface area contributed by atoms with E-state index in [-0.39, 0.29) is 44.5 Å². The summed E-state index contributed by atoms with van der Waals surface area (Å²) in [5.74, 6) is -4.50. The van der Waals surface area contributed by atoms with Crippen LogP contribution in [0.15, 0.2) is 42.5 Å². The number of carbonyl (C=O) groups is 5. The molecule has 0 aromatic heterocycles. The van der Waals surface area contributed by atoms with Gasteiger partial charge in [0.15, 0.2) is 0 Å². The van der Waals surface area contributed by atoms with Crippen LogP contribution < -0.4 is 15.4 Å². The number of amides is 5. The first kappa shape index (κ1) is 40.9. The first-order chi connectivity index (χ1) is 26.4. The average Bonchev–Trinajstić information content (AvgIpc) is 3.40. The maximum atomic E-state index is 14.5. The minimum Gasteiger partial charge on any atom is -0.444 e. The monoisotopic (exact) mass is 801 g/mol. The Labute approximate surface area is 325 Å². The predicted octanol–water partition coefficient (Wildman–Crippen LogP) is 4.55. The second-order valence-corrected chi connectivity index (χ2v) is 17.9. The lowest BCUT2D eigenvalue weighted by atomic mass is 10.0. The average molecular weight is 802 g/mol. The van der Waals surface area contributed by atoms with Gasteiger partial charge in [-0.3, -0.25) is 24.0 Å². The van der Waals surface area contributed by atoms with E-state index in [1.165, 1.54) is 34.1 Å². The number of alkyl carbamates (subject to hydrolysis) is 1. The summed E-state index contributed by atoms with van der Waals surface area (Å²) in [6, 6.07) is 7.17. The summed E-state index contributed by atoms with van der Waals surface area (Å²) in [5.41, 5.74) is -1.35. The van der Waals surface area contributed by atoms with Gasteiger partial charge in [0.05, 0.1) is 18.8 Å². The maximum absolute atomic E-state index is 14.5. The Morgan fingerprint density at radius 1 is 0.982 bits per heavy atom. The second-order valence-electron chi connectivity index (χ2n) is 16.2. The van der Waals surface area contributed by atoms with Gasteiger partial charge in [0.25, 0.3) is 5.91 Å². The fraction of sp³-hybridized carbons (Fsp3) is 0.564. The largest absolute Gasteiger partial charge is 0.444 e. The Kier molecular flexibility index (Phi) is 11.9. The molecule has 3 heterocycles. The SMILES string of the molecule is CC(C)(C)OC(=O)N[C@H]1CCCCCCC[C@@H]2C[C@@]2(C(=O)NS(=O)(=O)Cc2cccc(F)c2)NC(=O)[C@@H]2C[C@@H](OC(=O)N3Cc4cccc(F)c4C3)CN2C1=O. The van der Waals surface area contributed by atoms with Crippen molar-refractivity contribution in [2.24, 2.45) is 5.92 Å². The van der Waals surface area contributed by atoms with Gasteiger partial charge in [0, 0.05) is 18.5 Å². The van der Waals surface area contributed by atoms with Crippen LogP contribution in [0.5, 0.6) is 0 Å². The van der Waals surface area contributed by atoms with Crippen molar-refractivity contribution < 1.29 is 50.6 Å². The summed E-state index contributed by atoms with van der Waals surface area (Å²) in [4.78, 5) is 71.4. The zero-order valence-corrected chi connectivity index (χ0v) is 32.6. The van der Waals surface area contributed by atoms with Gasteiger partial charge in [-0.25, -0.2) is 26.8 Å². The standard InChI is InChI=1S/C39H49F2N5O9S/c1-38(2,3)55-36(50)42-31-16-8-6-4-5-7-13-26-19-39(26,35(49)44-56(52,53)23-24-11-9-14-27(40)17-24)43-33(47)32-18-28(21-46(32)34(31)48)54-37(51)45-20-25-12-10-15-30(41)29(25)22-45/h9-12,14-15,17,26,28,31-32H,4-8,13,16,18-23H2,1-3H3,(H,42,50)(H,43,47)(H,44,49)/t26-,28-,31+,32+,39-/m1/s1. The molecule has 1 aliphatic carbocycles. The van der Waals surface area contributed by atoms with Crippen LogP contribution in [0, 0.1) is 17.6 Å². The van der Waals surface area contributed by atoms with E-state index in [2.05, 4.69) is 15.4 Å². The van der Waals surface area contributed by atoms with Crippen molar-refractivity contribution in [2.75, 3.05) is 6.54 Å². The summed E-state index contributed by atoms with van der Waals surface area (Å²) < 4.78 is 67.9. The van der Waals surface area contributed by atoms with Gasteiger partial charge in [0.1, 0.15) is 41.0 Å². The van der Waals surface area contributed by atoms with E-state index in [1.54, 1.807) is 32.9 Å². The summed E-state index contributed by atoms with van der Waals surface area (Å²) in [6.45, 7) is 4.90. The van der Waals surface area contributed by atoms with E-state index >= 15 is 0 Å². The van der Waals surface area contributed by atoms with Crippen LogP contribution in [0.25, 0.3) is 0 Å². The van der Waals surface area contributed by atoms with Crippen molar-refractivity contribution in [2.45, 2.75) is 127 Å². The fourth-order valence-corrected chi connectivity index (χ4v) is 9.02. The molecule has 56 heavy (non-hydrogen) atoms. The molecule has 0 bridgehead atoms. The Balaban J connectivity index is 1.24. The van der Waals surface area contributed by atoms with Crippen molar-refractivity contribution in [3.05, 3.63) is 70.8 Å². The number of halogens is 2. The predicted molar refractivity (Wildman–Crippen MR) is 198 cm³/mol. The molecule has 0 unspecified atom stereocenters. The Morgan fingerprint density at radius 2 is 1.70 bits per heavy atom. The van der Waals surface area contributed by atoms with Gasteiger partial charge in [-0.15, -0.1) is 0 Å². The van der Waals surface area contributed by atoms with Crippen molar-refractivity contribution in [1.82, 2.24) is 25.2 Å². The Hall–Kier alpha value is -4.80. The maximum Gasteiger partial charge on any atom is 0.410 e. The van der Waals surface area contributed by atoms with E-state index in [0.717, 1.165) is 25.3 Å². The van der Waals surface area contributed by atoms with Gasteiger partial charge in [0.2, 0.25) is 21.8 Å². The second kappa shape index (κ2) is 16.4. The van der Waals surface area contributed by atoms with Crippen LogP contribution in [0.4, 0.5) is 18.4 Å².